The first-order valence-corrected chi connectivity index (χ1v) is 10.2. The molecule has 1 unspecified atom stereocenters. The number of pyridine rings is 2. The van der Waals surface area contributed by atoms with Gasteiger partial charge in [0.25, 0.3) is 5.91 Å². The quantitative estimate of drug-likeness (QED) is 0.493. The van der Waals surface area contributed by atoms with Gasteiger partial charge >= 0.3 is 0 Å². The van der Waals surface area contributed by atoms with Gasteiger partial charge in [-0.2, -0.15) is 0 Å². The van der Waals surface area contributed by atoms with E-state index in [1.165, 1.54) is 0 Å². The second-order valence-corrected chi connectivity index (χ2v) is 7.98. The van der Waals surface area contributed by atoms with Crippen molar-refractivity contribution in [3.8, 4) is 11.4 Å². The first-order valence-electron chi connectivity index (χ1n) is 9.29. The summed E-state index contributed by atoms with van der Waals surface area (Å²) in [6, 6.07) is 19.3. The summed E-state index contributed by atoms with van der Waals surface area (Å²) in [4.78, 5) is 23.6. The van der Waals surface area contributed by atoms with Crippen LogP contribution < -0.4 is 5.32 Å². The minimum absolute atomic E-state index is 0.0299. The van der Waals surface area contributed by atoms with Gasteiger partial charge < -0.3 is 5.32 Å². The maximum absolute atomic E-state index is 13.3. The number of nitrogens with zero attached hydrogens (tertiary/aromatic N) is 2. The molecule has 5 heteroatoms. The first-order chi connectivity index (χ1) is 13.6. The third kappa shape index (κ3) is 3.66. The van der Waals surface area contributed by atoms with Gasteiger partial charge in [0.2, 0.25) is 0 Å². The molecule has 0 saturated heterocycles. The Morgan fingerprint density at radius 2 is 1.82 bits per heavy atom. The number of nitrogens with one attached hydrogen (secondary N) is 1. The van der Waals surface area contributed by atoms with E-state index in [-0.39, 0.29) is 17.9 Å². The molecule has 0 radical (unpaired) electrons. The molecule has 0 spiro atoms. The molecule has 0 aliphatic heterocycles. The summed E-state index contributed by atoms with van der Waals surface area (Å²) in [7, 11) is 0. The Bertz CT molecular complexity index is 1090. The Morgan fingerprint density at radius 1 is 1.00 bits per heavy atom. The van der Waals surface area contributed by atoms with Crippen molar-refractivity contribution in [1.29, 1.82) is 0 Å². The number of rotatable bonds is 5. The molecule has 3 aromatic heterocycles. The Balaban J connectivity index is 1.77. The monoisotopic (exact) mass is 387 g/mol. The van der Waals surface area contributed by atoms with Crippen LogP contribution in [0.3, 0.4) is 0 Å². The molecule has 4 rings (SSSR count). The molecule has 4 aromatic rings. The molecule has 1 aromatic carbocycles. The first kappa shape index (κ1) is 18.3. The minimum atomic E-state index is -0.0946. The molecule has 3 heterocycles. The second-order valence-electron chi connectivity index (χ2n) is 7.00. The number of aromatic nitrogens is 2. The summed E-state index contributed by atoms with van der Waals surface area (Å²) >= 11 is 1.66. The Kier molecular flexibility index (Phi) is 5.17. The number of amides is 1. The van der Waals surface area contributed by atoms with Crippen molar-refractivity contribution in [2.75, 3.05) is 0 Å². The smallest absolute Gasteiger partial charge is 0.252 e. The number of benzene rings is 1. The van der Waals surface area contributed by atoms with Crippen LogP contribution in [0.5, 0.6) is 0 Å². The zero-order valence-corrected chi connectivity index (χ0v) is 16.6. The lowest BCUT2D eigenvalue weighted by molar-refractivity contribution is 0.0928. The van der Waals surface area contributed by atoms with Gasteiger partial charge in [-0.05, 0) is 41.6 Å². The van der Waals surface area contributed by atoms with Crippen molar-refractivity contribution in [3.05, 3.63) is 82.7 Å². The summed E-state index contributed by atoms with van der Waals surface area (Å²) in [5.41, 5.74) is 2.85. The van der Waals surface area contributed by atoms with E-state index in [1.807, 2.05) is 60.0 Å². The van der Waals surface area contributed by atoms with Crippen LogP contribution in [0.2, 0.25) is 0 Å². The van der Waals surface area contributed by atoms with Crippen LogP contribution in [0.25, 0.3) is 22.3 Å². The summed E-state index contributed by atoms with van der Waals surface area (Å²) in [6.07, 6.45) is 1.73. The van der Waals surface area contributed by atoms with E-state index in [1.54, 1.807) is 17.5 Å². The van der Waals surface area contributed by atoms with Crippen molar-refractivity contribution in [2.45, 2.75) is 19.9 Å². The largest absolute Gasteiger partial charge is 0.344 e. The maximum atomic E-state index is 13.3. The number of thiophene rings is 1. The van der Waals surface area contributed by atoms with Gasteiger partial charge in [0.05, 0.1) is 28.5 Å². The molecule has 1 amide bonds. The van der Waals surface area contributed by atoms with E-state index in [0.717, 1.165) is 21.5 Å². The molecule has 0 bridgehead atoms. The van der Waals surface area contributed by atoms with Gasteiger partial charge in [-0.1, -0.05) is 44.2 Å². The zero-order valence-electron chi connectivity index (χ0n) is 15.8. The molecule has 0 aliphatic carbocycles. The molecular formula is C23H21N3OS. The molecule has 28 heavy (non-hydrogen) atoms. The SMILES string of the molecule is CC(C)C(NC(=O)c1cc(-c2ccccn2)nc2ccccc12)c1cccs1. The van der Waals surface area contributed by atoms with Crippen LogP contribution >= 0.6 is 11.3 Å². The topological polar surface area (TPSA) is 54.9 Å². The average Bonchev–Trinajstić information content (AvgIpc) is 3.26. The summed E-state index contributed by atoms with van der Waals surface area (Å²) in [6.45, 7) is 4.24. The van der Waals surface area contributed by atoms with Crippen LogP contribution in [-0.4, -0.2) is 15.9 Å². The Hall–Kier alpha value is -3.05. The summed E-state index contributed by atoms with van der Waals surface area (Å²) in [5.74, 6) is 0.189. The second kappa shape index (κ2) is 7.90. The zero-order chi connectivity index (χ0) is 19.5. The van der Waals surface area contributed by atoms with E-state index in [9.17, 15) is 4.79 Å². The molecule has 0 saturated carbocycles. The number of hydrogen-bond donors (Lipinski definition) is 1. The van der Waals surface area contributed by atoms with E-state index in [2.05, 4.69) is 30.2 Å². The van der Waals surface area contributed by atoms with Gasteiger partial charge in [0.15, 0.2) is 0 Å². The molecule has 0 fully saturated rings. The third-order valence-electron chi connectivity index (χ3n) is 4.69. The summed E-state index contributed by atoms with van der Waals surface area (Å²) < 4.78 is 0. The third-order valence-corrected chi connectivity index (χ3v) is 5.65. The van der Waals surface area contributed by atoms with Crippen LogP contribution in [0.4, 0.5) is 0 Å². The van der Waals surface area contributed by atoms with Crippen molar-refractivity contribution < 1.29 is 4.79 Å². The van der Waals surface area contributed by atoms with Crippen LogP contribution in [-0.2, 0) is 0 Å². The predicted molar refractivity (Wildman–Crippen MR) is 114 cm³/mol. The van der Waals surface area contributed by atoms with Gasteiger partial charge in [0, 0.05) is 16.5 Å². The molecule has 1 atom stereocenters. The fourth-order valence-corrected chi connectivity index (χ4v) is 4.21. The average molecular weight is 388 g/mol. The molecule has 4 nitrogen and oxygen atoms in total. The lowest BCUT2D eigenvalue weighted by Crippen LogP contribution is -2.31. The molecule has 0 aliphatic rings. The highest BCUT2D eigenvalue weighted by Crippen LogP contribution is 2.28. The van der Waals surface area contributed by atoms with Crippen LogP contribution in [0.1, 0.15) is 35.1 Å². The normalized spacial score (nSPS) is 12.2. The molecule has 1 N–H and O–H groups in total. The Labute approximate surface area is 168 Å². The number of carbonyl (C=O) groups excluding carboxylic acids is 1. The predicted octanol–water partition coefficient (Wildman–Crippen LogP) is 5.49. The highest BCUT2D eigenvalue weighted by molar-refractivity contribution is 7.10. The van der Waals surface area contributed by atoms with Gasteiger partial charge in [0.1, 0.15) is 0 Å². The number of fused-ring (bicyclic) bond motifs is 1. The highest BCUT2D eigenvalue weighted by Gasteiger charge is 2.22. The number of para-hydroxylation sites is 1. The van der Waals surface area contributed by atoms with Gasteiger partial charge in [-0.25, -0.2) is 4.98 Å². The lowest BCUT2D eigenvalue weighted by Gasteiger charge is -2.22. The van der Waals surface area contributed by atoms with Crippen molar-refractivity contribution in [2.24, 2.45) is 5.92 Å². The minimum Gasteiger partial charge on any atom is -0.344 e. The lowest BCUT2D eigenvalue weighted by atomic mass is 10.0. The fraction of sp³-hybridized carbons (Fsp3) is 0.174. The summed E-state index contributed by atoms with van der Waals surface area (Å²) in [5, 5.41) is 6.11. The molecular weight excluding hydrogens is 366 g/mol. The van der Waals surface area contributed by atoms with Crippen LogP contribution in [0, 0.1) is 5.92 Å². The van der Waals surface area contributed by atoms with Crippen molar-refractivity contribution in [3.63, 3.8) is 0 Å². The van der Waals surface area contributed by atoms with Gasteiger partial charge in [-0.15, -0.1) is 11.3 Å². The number of hydrogen-bond acceptors (Lipinski definition) is 4. The number of carbonyl (C=O) groups is 1. The highest BCUT2D eigenvalue weighted by atomic mass is 32.1. The van der Waals surface area contributed by atoms with Crippen LogP contribution in [0.15, 0.2) is 72.2 Å². The van der Waals surface area contributed by atoms with E-state index < -0.39 is 0 Å². The molecule has 140 valence electrons. The maximum Gasteiger partial charge on any atom is 0.252 e. The van der Waals surface area contributed by atoms with E-state index >= 15 is 0 Å². The van der Waals surface area contributed by atoms with Crippen molar-refractivity contribution in [1.82, 2.24) is 15.3 Å². The van der Waals surface area contributed by atoms with E-state index in [0.29, 0.717) is 11.3 Å². The standard InChI is InChI=1S/C23H21N3OS/c1-15(2)22(21-11-7-13-28-21)26-23(27)17-14-20(19-10-5-6-12-24-19)25-18-9-4-3-8-16(17)18/h3-15,22H,1-2H3,(H,26,27). The Morgan fingerprint density at radius 3 is 2.54 bits per heavy atom. The van der Waals surface area contributed by atoms with Crippen molar-refractivity contribution >= 4 is 28.1 Å². The fourth-order valence-electron chi connectivity index (χ4n) is 3.26. The van der Waals surface area contributed by atoms with E-state index in [4.69, 9.17) is 4.98 Å². The van der Waals surface area contributed by atoms with Gasteiger partial charge in [-0.3, -0.25) is 9.78 Å².